The highest BCUT2D eigenvalue weighted by atomic mass is 16.2. The van der Waals surface area contributed by atoms with Crippen LogP contribution in [0.3, 0.4) is 0 Å². The van der Waals surface area contributed by atoms with E-state index in [1.54, 1.807) is 0 Å². The molecular formula is C9H14N2O2. The minimum atomic E-state index is -0.241. The average Bonchev–Trinajstić information content (AvgIpc) is 2.01. The Morgan fingerprint density at radius 1 is 1.23 bits per heavy atom. The van der Waals surface area contributed by atoms with Crippen LogP contribution in [0.5, 0.6) is 0 Å². The third-order valence-corrected chi connectivity index (χ3v) is 2.83. The number of imide groups is 1. The van der Waals surface area contributed by atoms with Crippen molar-refractivity contribution in [1.82, 2.24) is 10.2 Å². The second kappa shape index (κ2) is 2.80. The first-order valence-electron chi connectivity index (χ1n) is 4.70. The topological polar surface area (TPSA) is 49.4 Å². The van der Waals surface area contributed by atoms with E-state index in [9.17, 15) is 9.59 Å². The fourth-order valence-electron chi connectivity index (χ4n) is 2.00. The Balaban J connectivity index is 2.18. The number of hydrogen-bond acceptors (Lipinski definition) is 3. The number of amides is 2. The number of nitrogens with zero attached hydrogens (tertiary/aromatic N) is 1. The SMILES string of the molecule is CC1(N2C(=O)CCCC2=O)CNC1. The molecule has 0 spiro atoms. The average molecular weight is 182 g/mol. The summed E-state index contributed by atoms with van der Waals surface area (Å²) in [6, 6.07) is 0. The standard InChI is InChI=1S/C9H14N2O2/c1-9(5-10-6-9)11-7(12)3-2-4-8(11)13/h10H,2-6H2,1H3. The van der Waals surface area contributed by atoms with Crippen molar-refractivity contribution in [2.24, 2.45) is 0 Å². The molecule has 0 unspecified atom stereocenters. The highest BCUT2D eigenvalue weighted by Crippen LogP contribution is 2.25. The molecule has 0 aliphatic carbocycles. The summed E-state index contributed by atoms with van der Waals surface area (Å²) in [6.45, 7) is 3.44. The van der Waals surface area contributed by atoms with Gasteiger partial charge in [0.05, 0.1) is 5.54 Å². The zero-order valence-corrected chi connectivity index (χ0v) is 7.80. The van der Waals surface area contributed by atoms with E-state index in [0.29, 0.717) is 12.8 Å². The zero-order valence-electron chi connectivity index (χ0n) is 7.80. The Morgan fingerprint density at radius 2 is 1.77 bits per heavy atom. The summed E-state index contributed by atoms with van der Waals surface area (Å²) in [4.78, 5) is 24.5. The third-order valence-electron chi connectivity index (χ3n) is 2.83. The Hall–Kier alpha value is -0.900. The van der Waals surface area contributed by atoms with Gasteiger partial charge in [0.15, 0.2) is 0 Å². The molecule has 0 radical (unpaired) electrons. The molecule has 0 bridgehead atoms. The van der Waals surface area contributed by atoms with Gasteiger partial charge >= 0.3 is 0 Å². The largest absolute Gasteiger partial charge is 0.312 e. The molecule has 0 aromatic carbocycles. The van der Waals surface area contributed by atoms with Crippen LogP contribution >= 0.6 is 0 Å². The van der Waals surface area contributed by atoms with Gasteiger partial charge in [-0.05, 0) is 13.3 Å². The Morgan fingerprint density at radius 3 is 2.15 bits per heavy atom. The zero-order chi connectivity index (χ0) is 9.47. The second-order valence-corrected chi connectivity index (χ2v) is 4.08. The lowest BCUT2D eigenvalue weighted by atomic mass is 9.90. The molecule has 2 aliphatic heterocycles. The molecule has 4 nitrogen and oxygen atoms in total. The van der Waals surface area contributed by atoms with Crippen molar-refractivity contribution in [1.29, 1.82) is 0 Å². The summed E-state index contributed by atoms with van der Waals surface area (Å²) >= 11 is 0. The van der Waals surface area contributed by atoms with Gasteiger partial charge in [0.25, 0.3) is 0 Å². The molecule has 13 heavy (non-hydrogen) atoms. The predicted octanol–water partition coefficient (Wildman–Crippen LogP) is -0.113. The van der Waals surface area contributed by atoms with Crippen LogP contribution < -0.4 is 5.32 Å². The van der Waals surface area contributed by atoms with E-state index >= 15 is 0 Å². The van der Waals surface area contributed by atoms with Crippen molar-refractivity contribution >= 4 is 11.8 Å². The minimum absolute atomic E-state index is 0.000231. The lowest BCUT2D eigenvalue weighted by Gasteiger charge is -2.48. The summed E-state index contributed by atoms with van der Waals surface area (Å²) in [5.41, 5.74) is -0.241. The first kappa shape index (κ1) is 8.69. The second-order valence-electron chi connectivity index (χ2n) is 4.08. The molecule has 4 heteroatoms. The smallest absolute Gasteiger partial charge is 0.229 e. The first-order chi connectivity index (χ1) is 6.13. The summed E-state index contributed by atoms with van der Waals surface area (Å²) in [5, 5.41) is 3.09. The summed E-state index contributed by atoms with van der Waals surface area (Å²) in [5.74, 6) is 0.000463. The van der Waals surface area contributed by atoms with Crippen LogP contribution in [-0.2, 0) is 9.59 Å². The van der Waals surface area contributed by atoms with E-state index < -0.39 is 0 Å². The number of nitrogens with one attached hydrogen (secondary N) is 1. The van der Waals surface area contributed by atoms with Gasteiger partial charge in [-0.15, -0.1) is 0 Å². The number of piperidine rings is 1. The van der Waals surface area contributed by atoms with Gasteiger partial charge in [-0.25, -0.2) is 0 Å². The number of carbonyl (C=O) groups excluding carboxylic acids is 2. The maximum absolute atomic E-state index is 11.5. The van der Waals surface area contributed by atoms with Crippen molar-refractivity contribution in [2.75, 3.05) is 13.1 Å². The Bertz CT molecular complexity index is 242. The molecule has 2 heterocycles. The molecule has 2 aliphatic rings. The molecule has 0 saturated carbocycles. The monoisotopic (exact) mass is 182 g/mol. The van der Waals surface area contributed by atoms with E-state index in [2.05, 4.69) is 5.32 Å². The summed E-state index contributed by atoms with van der Waals surface area (Å²) < 4.78 is 0. The third kappa shape index (κ3) is 1.25. The van der Waals surface area contributed by atoms with E-state index in [-0.39, 0.29) is 17.4 Å². The highest BCUT2D eigenvalue weighted by molar-refractivity contribution is 5.98. The number of rotatable bonds is 1. The Kier molecular flexibility index (Phi) is 1.87. The van der Waals surface area contributed by atoms with Crippen LogP contribution in [-0.4, -0.2) is 35.3 Å². The molecule has 0 atom stereocenters. The van der Waals surface area contributed by atoms with Gasteiger partial charge in [0.2, 0.25) is 11.8 Å². The predicted molar refractivity (Wildman–Crippen MR) is 47.0 cm³/mol. The molecule has 1 N–H and O–H groups in total. The number of hydrogen-bond donors (Lipinski definition) is 1. The summed E-state index contributed by atoms with van der Waals surface area (Å²) in [7, 11) is 0. The van der Waals surface area contributed by atoms with Gasteiger partial charge in [0, 0.05) is 25.9 Å². The fraction of sp³-hybridized carbons (Fsp3) is 0.778. The van der Waals surface area contributed by atoms with Crippen molar-refractivity contribution in [2.45, 2.75) is 31.7 Å². The molecule has 72 valence electrons. The molecule has 0 aromatic heterocycles. The van der Waals surface area contributed by atoms with Crippen molar-refractivity contribution < 1.29 is 9.59 Å². The number of likely N-dealkylation sites (tertiary alicyclic amines) is 1. The molecule has 2 saturated heterocycles. The van der Waals surface area contributed by atoms with Crippen LogP contribution in [0.15, 0.2) is 0 Å². The van der Waals surface area contributed by atoms with Gasteiger partial charge in [0.1, 0.15) is 0 Å². The van der Waals surface area contributed by atoms with E-state index in [0.717, 1.165) is 19.5 Å². The molecule has 0 aromatic rings. The lowest BCUT2D eigenvalue weighted by molar-refractivity contribution is -0.157. The maximum atomic E-state index is 11.5. The lowest BCUT2D eigenvalue weighted by Crippen LogP contribution is -2.70. The molecule has 2 rings (SSSR count). The first-order valence-corrected chi connectivity index (χ1v) is 4.70. The van der Waals surface area contributed by atoms with E-state index in [1.807, 2.05) is 6.92 Å². The summed E-state index contributed by atoms with van der Waals surface area (Å²) in [6.07, 6.45) is 1.78. The highest BCUT2D eigenvalue weighted by Gasteiger charge is 2.45. The molecule has 2 amide bonds. The normalized spacial score (nSPS) is 27.3. The van der Waals surface area contributed by atoms with Crippen LogP contribution in [0.25, 0.3) is 0 Å². The Labute approximate surface area is 77.3 Å². The van der Waals surface area contributed by atoms with Crippen LogP contribution in [0.2, 0.25) is 0 Å². The van der Waals surface area contributed by atoms with Crippen LogP contribution in [0.1, 0.15) is 26.2 Å². The van der Waals surface area contributed by atoms with Crippen molar-refractivity contribution in [3.05, 3.63) is 0 Å². The van der Waals surface area contributed by atoms with Gasteiger partial charge in [-0.3, -0.25) is 14.5 Å². The van der Waals surface area contributed by atoms with Crippen molar-refractivity contribution in [3.63, 3.8) is 0 Å². The molecular weight excluding hydrogens is 168 g/mol. The quantitative estimate of drug-likeness (QED) is 0.575. The minimum Gasteiger partial charge on any atom is -0.312 e. The molecule has 2 fully saturated rings. The fourth-order valence-corrected chi connectivity index (χ4v) is 2.00. The van der Waals surface area contributed by atoms with Crippen molar-refractivity contribution in [3.8, 4) is 0 Å². The van der Waals surface area contributed by atoms with E-state index in [1.165, 1.54) is 4.90 Å². The van der Waals surface area contributed by atoms with Gasteiger partial charge < -0.3 is 5.32 Å². The maximum Gasteiger partial charge on any atom is 0.229 e. The van der Waals surface area contributed by atoms with Crippen LogP contribution in [0.4, 0.5) is 0 Å². The van der Waals surface area contributed by atoms with E-state index in [4.69, 9.17) is 0 Å². The van der Waals surface area contributed by atoms with Gasteiger partial charge in [-0.1, -0.05) is 0 Å². The number of carbonyl (C=O) groups is 2. The van der Waals surface area contributed by atoms with Crippen LogP contribution in [0, 0.1) is 0 Å². The van der Waals surface area contributed by atoms with Gasteiger partial charge in [-0.2, -0.15) is 0 Å².